The summed E-state index contributed by atoms with van der Waals surface area (Å²) in [7, 11) is 0. The minimum atomic E-state index is -0.491. The van der Waals surface area contributed by atoms with Gasteiger partial charge in [-0.15, -0.1) is 0 Å². The number of nitrogens with one attached hydrogen (secondary N) is 1. The van der Waals surface area contributed by atoms with Crippen molar-refractivity contribution in [2.75, 3.05) is 5.32 Å². The average Bonchev–Trinajstić information content (AvgIpc) is 2.93. The Kier molecular flexibility index (Phi) is 6.31. The molecule has 0 saturated carbocycles. The molecule has 0 heterocycles. The van der Waals surface area contributed by atoms with E-state index in [9.17, 15) is 4.79 Å². The highest BCUT2D eigenvalue weighted by molar-refractivity contribution is 6.02. The Bertz CT molecular complexity index is 1340. The molecule has 34 heavy (non-hydrogen) atoms. The molecule has 2 heteroatoms. The molecular weight excluding hydrogens is 414 g/mol. The normalized spacial score (nSPS) is 11.5. The molecule has 0 bridgehead atoms. The third kappa shape index (κ3) is 4.82. The van der Waals surface area contributed by atoms with Crippen LogP contribution in [-0.4, -0.2) is 5.78 Å². The Morgan fingerprint density at radius 2 is 0.882 bits per heavy atom. The van der Waals surface area contributed by atoms with E-state index in [2.05, 4.69) is 41.7 Å². The molecule has 164 valence electrons. The van der Waals surface area contributed by atoms with E-state index in [1.54, 1.807) is 0 Å². The lowest BCUT2D eigenvalue weighted by atomic mass is 9.94. The van der Waals surface area contributed by atoms with Gasteiger partial charge in [0, 0.05) is 11.3 Å². The van der Waals surface area contributed by atoms with Crippen molar-refractivity contribution in [1.82, 2.24) is 0 Å². The first kappa shape index (κ1) is 21.4. The summed E-state index contributed by atoms with van der Waals surface area (Å²) in [4.78, 5) is 13.7. The van der Waals surface area contributed by atoms with Gasteiger partial charge in [0.2, 0.25) is 0 Å². The topological polar surface area (TPSA) is 29.1 Å². The lowest BCUT2D eigenvalue weighted by Gasteiger charge is -2.20. The standard InChI is InChI=1S/C32H25NO/c34-32(29-22-18-27(19-23-29)25-12-6-2-7-13-25)31(33-30-14-8-3-9-15-30)28-20-16-26(17-21-28)24-10-4-1-5-11-24/h1-23,31,33H. The van der Waals surface area contributed by atoms with E-state index in [0.29, 0.717) is 5.56 Å². The number of hydrogen-bond acceptors (Lipinski definition) is 2. The molecule has 1 N–H and O–H groups in total. The number of ketones is 1. The predicted molar refractivity (Wildman–Crippen MR) is 141 cm³/mol. The zero-order valence-electron chi connectivity index (χ0n) is 18.8. The van der Waals surface area contributed by atoms with E-state index in [0.717, 1.165) is 33.5 Å². The van der Waals surface area contributed by atoms with Crippen LogP contribution in [0.3, 0.4) is 0 Å². The summed E-state index contributed by atoms with van der Waals surface area (Å²) in [5.41, 5.74) is 7.04. The summed E-state index contributed by atoms with van der Waals surface area (Å²) < 4.78 is 0. The first-order valence-electron chi connectivity index (χ1n) is 11.4. The van der Waals surface area contributed by atoms with E-state index in [1.807, 2.05) is 103 Å². The molecule has 2 nitrogen and oxygen atoms in total. The largest absolute Gasteiger partial charge is 0.371 e. The molecule has 5 aromatic carbocycles. The molecule has 0 aliphatic heterocycles. The van der Waals surface area contributed by atoms with Crippen molar-refractivity contribution in [3.63, 3.8) is 0 Å². The SMILES string of the molecule is O=C(c1ccc(-c2ccccc2)cc1)C(Nc1ccccc1)c1ccc(-c2ccccc2)cc1. The maximum absolute atomic E-state index is 13.7. The van der Waals surface area contributed by atoms with E-state index in [1.165, 1.54) is 0 Å². The van der Waals surface area contributed by atoms with Crippen LogP contribution < -0.4 is 5.32 Å². The average molecular weight is 440 g/mol. The van der Waals surface area contributed by atoms with Crippen LogP contribution in [0.4, 0.5) is 5.69 Å². The maximum atomic E-state index is 13.7. The van der Waals surface area contributed by atoms with Crippen LogP contribution in [0.5, 0.6) is 0 Å². The van der Waals surface area contributed by atoms with Gasteiger partial charge in [0.05, 0.1) is 0 Å². The van der Waals surface area contributed by atoms with E-state index in [4.69, 9.17) is 0 Å². The molecule has 0 aromatic heterocycles. The van der Waals surface area contributed by atoms with Crippen molar-refractivity contribution in [2.24, 2.45) is 0 Å². The highest BCUT2D eigenvalue weighted by Gasteiger charge is 2.22. The van der Waals surface area contributed by atoms with Crippen LogP contribution in [0.15, 0.2) is 140 Å². The lowest BCUT2D eigenvalue weighted by molar-refractivity contribution is 0.0969. The molecule has 0 radical (unpaired) electrons. The monoisotopic (exact) mass is 439 g/mol. The van der Waals surface area contributed by atoms with Gasteiger partial charge in [-0.3, -0.25) is 4.79 Å². The second-order valence-corrected chi connectivity index (χ2v) is 8.24. The molecule has 5 rings (SSSR count). The Morgan fingerprint density at radius 1 is 0.471 bits per heavy atom. The fourth-order valence-electron chi connectivity index (χ4n) is 4.12. The first-order chi connectivity index (χ1) is 16.8. The quantitative estimate of drug-likeness (QED) is 0.260. The smallest absolute Gasteiger partial charge is 0.189 e. The van der Waals surface area contributed by atoms with Crippen LogP contribution >= 0.6 is 0 Å². The van der Waals surface area contributed by atoms with Crippen molar-refractivity contribution < 1.29 is 4.79 Å². The van der Waals surface area contributed by atoms with Gasteiger partial charge in [-0.25, -0.2) is 0 Å². The van der Waals surface area contributed by atoms with Crippen LogP contribution in [0, 0.1) is 0 Å². The summed E-state index contributed by atoms with van der Waals surface area (Å²) in [6, 6.07) is 46.0. The highest BCUT2D eigenvalue weighted by Crippen LogP contribution is 2.28. The number of para-hydroxylation sites is 1. The summed E-state index contributed by atoms with van der Waals surface area (Å²) >= 11 is 0. The minimum absolute atomic E-state index is 0.0379. The third-order valence-corrected chi connectivity index (χ3v) is 5.97. The summed E-state index contributed by atoms with van der Waals surface area (Å²) in [6.07, 6.45) is 0. The molecule has 0 fully saturated rings. The van der Waals surface area contributed by atoms with Gasteiger partial charge in [-0.2, -0.15) is 0 Å². The van der Waals surface area contributed by atoms with Gasteiger partial charge in [0.15, 0.2) is 5.78 Å². The number of hydrogen-bond donors (Lipinski definition) is 1. The molecule has 1 atom stereocenters. The molecular formula is C32H25NO. The Labute approximate surface area is 200 Å². The number of carbonyl (C=O) groups is 1. The van der Waals surface area contributed by atoms with Gasteiger partial charge < -0.3 is 5.32 Å². The summed E-state index contributed by atoms with van der Waals surface area (Å²) in [6.45, 7) is 0. The lowest BCUT2D eigenvalue weighted by Crippen LogP contribution is -2.21. The van der Waals surface area contributed by atoms with Crippen molar-refractivity contribution >= 4 is 11.5 Å². The first-order valence-corrected chi connectivity index (χ1v) is 11.4. The molecule has 5 aromatic rings. The van der Waals surface area contributed by atoms with Crippen molar-refractivity contribution in [3.05, 3.63) is 151 Å². The molecule has 0 spiro atoms. The van der Waals surface area contributed by atoms with E-state index in [-0.39, 0.29) is 5.78 Å². The Hall–Kier alpha value is -4.43. The second kappa shape index (κ2) is 10.0. The molecule has 0 amide bonds. The number of benzene rings is 5. The van der Waals surface area contributed by atoms with Gasteiger partial charge in [-0.05, 0) is 39.9 Å². The van der Waals surface area contributed by atoms with Crippen LogP contribution in [0.1, 0.15) is 22.0 Å². The zero-order chi connectivity index (χ0) is 23.2. The fourth-order valence-corrected chi connectivity index (χ4v) is 4.12. The Balaban J connectivity index is 1.45. The van der Waals surface area contributed by atoms with Gasteiger partial charge >= 0.3 is 0 Å². The van der Waals surface area contributed by atoms with Gasteiger partial charge in [-0.1, -0.05) is 127 Å². The summed E-state index contributed by atoms with van der Waals surface area (Å²) in [5, 5.41) is 3.45. The summed E-state index contributed by atoms with van der Waals surface area (Å²) in [5.74, 6) is 0.0379. The van der Waals surface area contributed by atoms with Crippen molar-refractivity contribution in [2.45, 2.75) is 6.04 Å². The van der Waals surface area contributed by atoms with E-state index >= 15 is 0 Å². The maximum Gasteiger partial charge on any atom is 0.189 e. The van der Waals surface area contributed by atoms with Crippen LogP contribution in [0.25, 0.3) is 22.3 Å². The Morgan fingerprint density at radius 3 is 1.38 bits per heavy atom. The number of rotatable bonds is 7. The number of carbonyl (C=O) groups excluding carboxylic acids is 1. The van der Waals surface area contributed by atoms with E-state index < -0.39 is 6.04 Å². The van der Waals surface area contributed by atoms with Gasteiger partial charge in [0.25, 0.3) is 0 Å². The van der Waals surface area contributed by atoms with Crippen LogP contribution in [-0.2, 0) is 0 Å². The highest BCUT2D eigenvalue weighted by atomic mass is 16.1. The third-order valence-electron chi connectivity index (χ3n) is 5.97. The van der Waals surface area contributed by atoms with Crippen LogP contribution in [0.2, 0.25) is 0 Å². The van der Waals surface area contributed by atoms with Crippen molar-refractivity contribution in [3.8, 4) is 22.3 Å². The zero-order valence-corrected chi connectivity index (χ0v) is 18.8. The van der Waals surface area contributed by atoms with Gasteiger partial charge in [0.1, 0.15) is 6.04 Å². The second-order valence-electron chi connectivity index (χ2n) is 8.24. The number of Topliss-reactive ketones (excluding diaryl/α,β-unsaturated/α-hetero) is 1. The fraction of sp³-hybridized carbons (Fsp3) is 0.0312. The minimum Gasteiger partial charge on any atom is -0.371 e. The predicted octanol–water partition coefficient (Wildman–Crippen LogP) is 8.06. The molecule has 0 aliphatic rings. The molecule has 0 aliphatic carbocycles. The molecule has 0 saturated heterocycles. The molecule has 1 unspecified atom stereocenters. The van der Waals surface area contributed by atoms with Crippen molar-refractivity contribution in [1.29, 1.82) is 0 Å². The number of anilines is 1.